The van der Waals surface area contributed by atoms with E-state index in [9.17, 15) is 13.6 Å². The van der Waals surface area contributed by atoms with Crippen LogP contribution in [0.3, 0.4) is 0 Å². The van der Waals surface area contributed by atoms with Crippen LogP contribution in [0.15, 0.2) is 18.2 Å². The lowest BCUT2D eigenvalue weighted by Crippen LogP contribution is -2.55. The summed E-state index contributed by atoms with van der Waals surface area (Å²) in [4.78, 5) is 14.1. The molecule has 0 atom stereocenters. The molecule has 0 unspecified atom stereocenters. The van der Waals surface area contributed by atoms with Crippen LogP contribution in [0.25, 0.3) is 0 Å². The van der Waals surface area contributed by atoms with Gasteiger partial charge in [0.05, 0.1) is 20.2 Å². The van der Waals surface area contributed by atoms with Crippen LogP contribution < -0.4 is 14.8 Å². The van der Waals surface area contributed by atoms with Crippen molar-refractivity contribution in [2.24, 2.45) is 0 Å². The van der Waals surface area contributed by atoms with E-state index >= 15 is 0 Å². The Bertz CT molecular complexity index is 641. The number of hydrogen-bond acceptors (Lipinski definition) is 3. The summed E-state index contributed by atoms with van der Waals surface area (Å²) in [5, 5.41) is 2.69. The monoisotopic (exact) mass is 340 g/mol. The molecule has 5 nitrogen and oxygen atoms in total. The minimum Gasteiger partial charge on any atom is -0.497 e. The molecule has 1 aliphatic carbocycles. The maximum atomic E-state index is 12.9. The summed E-state index contributed by atoms with van der Waals surface area (Å²) in [6.07, 6.45) is -0.583. The molecule has 2 aliphatic rings. The smallest absolute Gasteiger partial charge is 0.318 e. The average molecular weight is 340 g/mol. The number of urea groups is 1. The molecule has 1 saturated carbocycles. The normalized spacial score (nSPS) is 21.8. The Labute approximate surface area is 139 Å². The van der Waals surface area contributed by atoms with Crippen LogP contribution in [0.5, 0.6) is 11.5 Å². The minimum atomic E-state index is -2.65. The van der Waals surface area contributed by atoms with E-state index in [2.05, 4.69) is 5.32 Å². The van der Waals surface area contributed by atoms with Crippen molar-refractivity contribution in [3.05, 3.63) is 23.8 Å². The first-order valence-electron chi connectivity index (χ1n) is 7.97. The van der Waals surface area contributed by atoms with Crippen molar-refractivity contribution in [1.82, 2.24) is 10.2 Å². The SMILES string of the molecule is COc1ccc2c(c1)OC(C)(C)CN(C(=O)NC1CC(F)(F)C1)C2. The number of hydrogen-bond donors (Lipinski definition) is 1. The van der Waals surface area contributed by atoms with Gasteiger partial charge in [-0.2, -0.15) is 0 Å². The molecule has 1 aromatic carbocycles. The van der Waals surface area contributed by atoms with Gasteiger partial charge in [0.1, 0.15) is 17.1 Å². The standard InChI is InChI=1S/C17H22F2N2O3/c1-16(2)10-21(15(22)20-12-7-17(18,19)8-12)9-11-4-5-13(23-3)6-14(11)24-16/h4-6,12H,7-10H2,1-3H3,(H,20,22). The van der Waals surface area contributed by atoms with Crippen molar-refractivity contribution >= 4 is 6.03 Å². The largest absolute Gasteiger partial charge is 0.497 e. The molecule has 2 amide bonds. The Balaban J connectivity index is 1.75. The lowest BCUT2D eigenvalue weighted by atomic mass is 9.88. The van der Waals surface area contributed by atoms with Gasteiger partial charge in [0.15, 0.2) is 0 Å². The quantitative estimate of drug-likeness (QED) is 0.900. The molecule has 0 bridgehead atoms. The van der Waals surface area contributed by atoms with Crippen LogP contribution in [0.2, 0.25) is 0 Å². The van der Waals surface area contributed by atoms with E-state index in [1.165, 1.54) is 0 Å². The first kappa shape index (κ1) is 16.8. The van der Waals surface area contributed by atoms with Gasteiger partial charge in [-0.25, -0.2) is 13.6 Å². The number of benzene rings is 1. The highest BCUT2D eigenvalue weighted by Gasteiger charge is 2.46. The predicted octanol–water partition coefficient (Wildman–Crippen LogP) is 3.18. The van der Waals surface area contributed by atoms with Crippen LogP contribution in [0.1, 0.15) is 32.3 Å². The van der Waals surface area contributed by atoms with Crippen LogP contribution in [-0.2, 0) is 6.54 Å². The number of carbonyl (C=O) groups excluding carboxylic acids is 1. The summed E-state index contributed by atoms with van der Waals surface area (Å²) in [7, 11) is 1.58. The molecular weight excluding hydrogens is 318 g/mol. The second-order valence-corrected chi connectivity index (χ2v) is 7.10. The van der Waals surface area contributed by atoms with Crippen molar-refractivity contribution < 1.29 is 23.0 Å². The zero-order chi connectivity index (χ0) is 17.5. The second-order valence-electron chi connectivity index (χ2n) is 7.10. The fourth-order valence-electron chi connectivity index (χ4n) is 3.11. The summed E-state index contributed by atoms with van der Waals surface area (Å²) < 4.78 is 37.1. The van der Waals surface area contributed by atoms with Crippen molar-refractivity contribution in [2.75, 3.05) is 13.7 Å². The topological polar surface area (TPSA) is 50.8 Å². The van der Waals surface area contributed by atoms with Crippen molar-refractivity contribution in [3.8, 4) is 11.5 Å². The Kier molecular flexibility index (Phi) is 4.05. The Morgan fingerprint density at radius 1 is 1.38 bits per heavy atom. The van der Waals surface area contributed by atoms with Gasteiger partial charge in [-0.05, 0) is 26.0 Å². The van der Waals surface area contributed by atoms with E-state index in [1.54, 1.807) is 18.1 Å². The van der Waals surface area contributed by atoms with Crippen molar-refractivity contribution in [3.63, 3.8) is 0 Å². The summed E-state index contributed by atoms with van der Waals surface area (Å²) in [6.45, 7) is 4.50. The first-order valence-corrected chi connectivity index (χ1v) is 7.97. The number of amides is 2. The number of ether oxygens (including phenoxy) is 2. The lowest BCUT2D eigenvalue weighted by molar-refractivity contribution is -0.0905. The summed E-state index contributed by atoms with van der Waals surface area (Å²) >= 11 is 0. The molecule has 24 heavy (non-hydrogen) atoms. The van der Waals surface area contributed by atoms with E-state index in [0.717, 1.165) is 5.56 Å². The van der Waals surface area contributed by atoms with E-state index in [4.69, 9.17) is 9.47 Å². The van der Waals surface area contributed by atoms with Gasteiger partial charge < -0.3 is 19.7 Å². The third-order valence-electron chi connectivity index (χ3n) is 4.30. The van der Waals surface area contributed by atoms with Gasteiger partial charge in [0, 0.05) is 30.5 Å². The first-order chi connectivity index (χ1) is 11.2. The van der Waals surface area contributed by atoms with Gasteiger partial charge in [0.25, 0.3) is 5.92 Å². The molecule has 1 heterocycles. The zero-order valence-electron chi connectivity index (χ0n) is 14.1. The molecule has 7 heteroatoms. The number of halogens is 2. The van der Waals surface area contributed by atoms with Crippen LogP contribution >= 0.6 is 0 Å². The van der Waals surface area contributed by atoms with Crippen LogP contribution in [0, 0.1) is 0 Å². The number of nitrogens with one attached hydrogen (secondary N) is 1. The van der Waals surface area contributed by atoms with Crippen molar-refractivity contribution in [2.45, 2.75) is 50.8 Å². The Hall–Kier alpha value is -2.05. The average Bonchev–Trinajstić information content (AvgIpc) is 2.58. The highest BCUT2D eigenvalue weighted by Crippen LogP contribution is 2.38. The molecule has 132 valence electrons. The lowest BCUT2D eigenvalue weighted by Gasteiger charge is -2.37. The fourth-order valence-corrected chi connectivity index (χ4v) is 3.11. The summed E-state index contributed by atoms with van der Waals surface area (Å²) in [5.41, 5.74) is 0.258. The summed E-state index contributed by atoms with van der Waals surface area (Å²) in [6, 6.07) is 4.66. The van der Waals surface area contributed by atoms with Gasteiger partial charge in [-0.15, -0.1) is 0 Å². The summed E-state index contributed by atoms with van der Waals surface area (Å²) in [5.74, 6) is -1.30. The highest BCUT2D eigenvalue weighted by atomic mass is 19.3. The second kappa shape index (κ2) is 5.79. The fraction of sp³-hybridized carbons (Fsp3) is 0.588. The number of fused-ring (bicyclic) bond motifs is 1. The molecule has 1 fully saturated rings. The molecule has 0 spiro atoms. The Morgan fingerprint density at radius 3 is 2.71 bits per heavy atom. The molecular formula is C17H22F2N2O3. The zero-order valence-corrected chi connectivity index (χ0v) is 14.1. The number of nitrogens with zero attached hydrogens (tertiary/aromatic N) is 1. The molecule has 0 aromatic heterocycles. The van der Waals surface area contributed by atoms with Crippen LogP contribution in [-0.4, -0.2) is 42.2 Å². The number of methoxy groups -OCH3 is 1. The van der Waals surface area contributed by atoms with E-state index in [0.29, 0.717) is 24.6 Å². The molecule has 1 N–H and O–H groups in total. The maximum absolute atomic E-state index is 12.9. The van der Waals surface area contributed by atoms with Gasteiger partial charge in [0.2, 0.25) is 0 Å². The Morgan fingerprint density at radius 2 is 2.08 bits per heavy atom. The maximum Gasteiger partial charge on any atom is 0.318 e. The predicted molar refractivity (Wildman–Crippen MR) is 84.6 cm³/mol. The van der Waals surface area contributed by atoms with E-state index in [-0.39, 0.29) is 18.9 Å². The molecule has 1 aliphatic heterocycles. The van der Waals surface area contributed by atoms with Gasteiger partial charge >= 0.3 is 6.03 Å². The third-order valence-corrected chi connectivity index (χ3v) is 4.30. The van der Waals surface area contributed by atoms with Gasteiger partial charge in [-0.1, -0.05) is 0 Å². The molecule has 0 saturated heterocycles. The van der Waals surface area contributed by atoms with E-state index < -0.39 is 17.6 Å². The molecule has 1 aromatic rings. The van der Waals surface area contributed by atoms with Gasteiger partial charge in [-0.3, -0.25) is 0 Å². The number of alkyl halides is 2. The highest BCUT2D eigenvalue weighted by molar-refractivity contribution is 5.75. The van der Waals surface area contributed by atoms with Crippen LogP contribution in [0.4, 0.5) is 13.6 Å². The minimum absolute atomic E-state index is 0.291. The number of rotatable bonds is 2. The third kappa shape index (κ3) is 3.55. The van der Waals surface area contributed by atoms with Crippen molar-refractivity contribution in [1.29, 1.82) is 0 Å². The van der Waals surface area contributed by atoms with E-state index in [1.807, 2.05) is 26.0 Å². The molecule has 3 rings (SSSR count). The number of carbonyl (C=O) groups is 1. The molecule has 0 radical (unpaired) electrons.